The summed E-state index contributed by atoms with van der Waals surface area (Å²) in [5, 5.41) is 39.6. The van der Waals surface area contributed by atoms with Gasteiger partial charge in [0.25, 0.3) is 0 Å². The van der Waals surface area contributed by atoms with Crippen LogP contribution in [0.1, 0.15) is 13.3 Å². The van der Waals surface area contributed by atoms with E-state index in [1.807, 2.05) is 0 Å². The molecule has 1 aliphatic rings. The summed E-state index contributed by atoms with van der Waals surface area (Å²) in [6.07, 6.45) is -5.16. The zero-order valence-electron chi connectivity index (χ0n) is 7.79. The van der Waals surface area contributed by atoms with Crippen LogP contribution in [0.3, 0.4) is 0 Å². The van der Waals surface area contributed by atoms with Crippen LogP contribution in [0.2, 0.25) is 0 Å². The Balaban J connectivity index is 2.65. The van der Waals surface area contributed by atoms with Gasteiger partial charge in [-0.05, 0) is 6.42 Å². The monoisotopic (exact) mass is 205 g/mol. The molecular formula is C8H15NO5. The standard InChI is InChI=1S/C8H15NO5/c1-3(10)9-4-2-5(11)7(13)8(14)6(4)12/h4-8,11-14H,2H2,1H3,(H,9,10)/t4-,5-,6+,7+,8+/m1/s1. The highest BCUT2D eigenvalue weighted by atomic mass is 16.4. The van der Waals surface area contributed by atoms with E-state index in [9.17, 15) is 25.2 Å². The molecule has 0 aromatic heterocycles. The Bertz CT molecular complexity index is 222. The molecule has 0 unspecified atom stereocenters. The normalized spacial score (nSPS) is 43.4. The minimum absolute atomic E-state index is 0.0268. The molecular weight excluding hydrogens is 190 g/mol. The number of hydrogen-bond acceptors (Lipinski definition) is 5. The maximum Gasteiger partial charge on any atom is 0.217 e. The topological polar surface area (TPSA) is 110 Å². The Labute approximate surface area is 81.2 Å². The number of rotatable bonds is 1. The molecule has 14 heavy (non-hydrogen) atoms. The van der Waals surface area contributed by atoms with Crippen molar-refractivity contribution in [2.75, 3.05) is 0 Å². The van der Waals surface area contributed by atoms with Gasteiger partial charge < -0.3 is 25.7 Å². The second-order valence-electron chi connectivity index (χ2n) is 3.58. The first-order valence-electron chi connectivity index (χ1n) is 4.43. The van der Waals surface area contributed by atoms with Crippen molar-refractivity contribution in [1.82, 2.24) is 5.32 Å². The summed E-state index contributed by atoms with van der Waals surface area (Å²) >= 11 is 0. The van der Waals surface area contributed by atoms with E-state index in [0.29, 0.717) is 0 Å². The van der Waals surface area contributed by atoms with E-state index in [0.717, 1.165) is 0 Å². The summed E-state index contributed by atoms with van der Waals surface area (Å²) in [6.45, 7) is 1.27. The Kier molecular flexibility index (Phi) is 3.43. The molecule has 1 rings (SSSR count). The molecule has 1 amide bonds. The highest BCUT2D eigenvalue weighted by Gasteiger charge is 2.42. The van der Waals surface area contributed by atoms with E-state index < -0.39 is 30.5 Å². The summed E-state index contributed by atoms with van der Waals surface area (Å²) in [5.74, 6) is -0.357. The van der Waals surface area contributed by atoms with Crippen LogP contribution in [0.15, 0.2) is 0 Å². The molecule has 5 N–H and O–H groups in total. The SMILES string of the molecule is CC(=O)N[C@@H]1C[C@@H](O)[C@H](O)[C@@H](O)[C@H]1O. The quantitative estimate of drug-likeness (QED) is 0.321. The van der Waals surface area contributed by atoms with Crippen LogP contribution in [0.5, 0.6) is 0 Å². The number of nitrogens with one attached hydrogen (secondary N) is 1. The molecule has 5 atom stereocenters. The predicted octanol–water partition coefficient (Wildman–Crippen LogP) is -2.66. The first-order valence-corrected chi connectivity index (χ1v) is 4.43. The molecule has 1 aliphatic carbocycles. The molecule has 0 bridgehead atoms. The van der Waals surface area contributed by atoms with Gasteiger partial charge in [0.05, 0.1) is 12.1 Å². The van der Waals surface area contributed by atoms with Gasteiger partial charge in [-0.15, -0.1) is 0 Å². The van der Waals surface area contributed by atoms with Gasteiger partial charge in [0.2, 0.25) is 5.91 Å². The molecule has 0 radical (unpaired) electrons. The van der Waals surface area contributed by atoms with Gasteiger partial charge in [0, 0.05) is 6.92 Å². The third kappa shape index (κ3) is 2.21. The average Bonchev–Trinajstić information content (AvgIpc) is 2.10. The Morgan fingerprint density at radius 1 is 1.14 bits per heavy atom. The van der Waals surface area contributed by atoms with Gasteiger partial charge in [-0.25, -0.2) is 0 Å². The molecule has 0 heterocycles. The first-order chi connectivity index (χ1) is 6.43. The van der Waals surface area contributed by atoms with Crippen molar-refractivity contribution < 1.29 is 25.2 Å². The minimum atomic E-state index is -1.43. The largest absolute Gasteiger partial charge is 0.390 e. The highest BCUT2D eigenvalue weighted by molar-refractivity contribution is 5.73. The molecule has 6 heteroatoms. The van der Waals surface area contributed by atoms with Gasteiger partial charge >= 0.3 is 0 Å². The maximum atomic E-state index is 10.7. The van der Waals surface area contributed by atoms with Gasteiger partial charge in [0.1, 0.15) is 18.3 Å². The number of aliphatic hydroxyl groups excluding tert-OH is 4. The average molecular weight is 205 g/mol. The summed E-state index contributed by atoms with van der Waals surface area (Å²) in [7, 11) is 0. The first kappa shape index (κ1) is 11.4. The van der Waals surface area contributed by atoms with Crippen LogP contribution in [0.4, 0.5) is 0 Å². The van der Waals surface area contributed by atoms with Gasteiger partial charge in [0.15, 0.2) is 0 Å². The number of hydrogen-bond donors (Lipinski definition) is 5. The summed E-state index contributed by atoms with van der Waals surface area (Å²) < 4.78 is 0. The molecule has 1 saturated carbocycles. The molecule has 0 aromatic rings. The molecule has 0 aromatic carbocycles. The second-order valence-corrected chi connectivity index (χ2v) is 3.58. The summed E-state index contributed by atoms with van der Waals surface area (Å²) in [6, 6.07) is -0.721. The Morgan fingerprint density at radius 3 is 2.21 bits per heavy atom. The number of aliphatic hydroxyl groups is 4. The fourth-order valence-corrected chi connectivity index (χ4v) is 1.61. The fraction of sp³-hybridized carbons (Fsp3) is 0.875. The van der Waals surface area contributed by atoms with E-state index in [2.05, 4.69) is 5.32 Å². The lowest BCUT2D eigenvalue weighted by atomic mass is 9.85. The lowest BCUT2D eigenvalue weighted by Crippen LogP contribution is -2.60. The van der Waals surface area contributed by atoms with E-state index in [1.54, 1.807) is 0 Å². The fourth-order valence-electron chi connectivity index (χ4n) is 1.61. The zero-order valence-corrected chi connectivity index (χ0v) is 7.79. The maximum absolute atomic E-state index is 10.7. The van der Waals surface area contributed by atoms with Crippen molar-refractivity contribution in [3.63, 3.8) is 0 Å². The van der Waals surface area contributed by atoms with Crippen molar-refractivity contribution in [1.29, 1.82) is 0 Å². The molecule has 0 saturated heterocycles. The van der Waals surface area contributed by atoms with Crippen molar-refractivity contribution >= 4 is 5.91 Å². The predicted molar refractivity (Wildman–Crippen MR) is 46.2 cm³/mol. The van der Waals surface area contributed by atoms with Crippen molar-refractivity contribution in [2.24, 2.45) is 0 Å². The third-order valence-corrected chi connectivity index (χ3v) is 2.39. The van der Waals surface area contributed by atoms with Crippen molar-refractivity contribution in [2.45, 2.75) is 43.8 Å². The molecule has 0 aliphatic heterocycles. The number of carbonyl (C=O) groups excluding carboxylic acids is 1. The van der Waals surface area contributed by atoms with Crippen LogP contribution in [-0.2, 0) is 4.79 Å². The van der Waals surface area contributed by atoms with Crippen molar-refractivity contribution in [3.05, 3.63) is 0 Å². The smallest absolute Gasteiger partial charge is 0.217 e. The lowest BCUT2D eigenvalue weighted by molar-refractivity contribution is -0.150. The van der Waals surface area contributed by atoms with E-state index >= 15 is 0 Å². The van der Waals surface area contributed by atoms with Crippen LogP contribution in [0, 0.1) is 0 Å². The van der Waals surface area contributed by atoms with Crippen LogP contribution in [0.25, 0.3) is 0 Å². The van der Waals surface area contributed by atoms with Crippen LogP contribution in [-0.4, -0.2) is 56.8 Å². The summed E-state index contributed by atoms with van der Waals surface area (Å²) in [4.78, 5) is 10.7. The van der Waals surface area contributed by atoms with Crippen LogP contribution < -0.4 is 5.32 Å². The Morgan fingerprint density at radius 2 is 1.71 bits per heavy atom. The summed E-state index contributed by atoms with van der Waals surface area (Å²) in [5.41, 5.74) is 0. The third-order valence-electron chi connectivity index (χ3n) is 2.39. The molecule has 82 valence electrons. The highest BCUT2D eigenvalue weighted by Crippen LogP contribution is 2.20. The molecule has 0 spiro atoms. The van der Waals surface area contributed by atoms with Gasteiger partial charge in [-0.3, -0.25) is 4.79 Å². The zero-order chi connectivity index (χ0) is 10.9. The van der Waals surface area contributed by atoms with Gasteiger partial charge in [-0.2, -0.15) is 0 Å². The van der Waals surface area contributed by atoms with Crippen LogP contribution >= 0.6 is 0 Å². The van der Waals surface area contributed by atoms with Gasteiger partial charge in [-0.1, -0.05) is 0 Å². The molecule has 1 fully saturated rings. The number of carbonyl (C=O) groups is 1. The van der Waals surface area contributed by atoms with E-state index in [4.69, 9.17) is 0 Å². The van der Waals surface area contributed by atoms with E-state index in [1.165, 1.54) is 6.92 Å². The second kappa shape index (κ2) is 4.22. The van der Waals surface area contributed by atoms with Crippen molar-refractivity contribution in [3.8, 4) is 0 Å². The lowest BCUT2D eigenvalue weighted by Gasteiger charge is -2.38. The molecule has 6 nitrogen and oxygen atoms in total. The number of amides is 1. The minimum Gasteiger partial charge on any atom is -0.390 e. The Hall–Kier alpha value is -0.690. The van der Waals surface area contributed by atoms with E-state index in [-0.39, 0.29) is 12.3 Å².